The highest BCUT2D eigenvalue weighted by atomic mass is 32.2. The minimum Gasteiger partial charge on any atom is -0.325 e. The minimum absolute atomic E-state index is 0.0780. The zero-order valence-corrected chi connectivity index (χ0v) is 9.97. The van der Waals surface area contributed by atoms with Crippen molar-refractivity contribution in [1.82, 2.24) is 9.78 Å². The van der Waals surface area contributed by atoms with Gasteiger partial charge in [-0.1, -0.05) is 0 Å². The van der Waals surface area contributed by atoms with Crippen molar-refractivity contribution in [3.63, 3.8) is 0 Å². The van der Waals surface area contributed by atoms with Crippen molar-refractivity contribution in [3.05, 3.63) is 18.0 Å². The lowest BCUT2D eigenvalue weighted by atomic mass is 10.1. The first-order valence-electron chi connectivity index (χ1n) is 4.89. The van der Waals surface area contributed by atoms with Crippen LogP contribution < -0.4 is 5.73 Å². The first-order valence-corrected chi connectivity index (χ1v) is 6.04. The number of aryl methyl sites for hydroxylation is 1. The SMILES string of the molecule is CCn1cc(CSCC(C)(C)N)cn1. The number of rotatable bonds is 5. The van der Waals surface area contributed by atoms with Crippen LogP contribution in [-0.4, -0.2) is 21.1 Å². The van der Waals surface area contributed by atoms with E-state index in [1.54, 1.807) is 0 Å². The van der Waals surface area contributed by atoms with Gasteiger partial charge in [0.2, 0.25) is 0 Å². The minimum atomic E-state index is -0.0780. The van der Waals surface area contributed by atoms with Gasteiger partial charge in [-0.25, -0.2) is 0 Å². The Morgan fingerprint density at radius 1 is 1.57 bits per heavy atom. The predicted molar refractivity (Wildman–Crippen MR) is 62.3 cm³/mol. The molecule has 0 aliphatic heterocycles. The molecule has 1 aromatic heterocycles. The summed E-state index contributed by atoms with van der Waals surface area (Å²) in [5, 5.41) is 4.22. The summed E-state index contributed by atoms with van der Waals surface area (Å²) in [6, 6.07) is 0. The van der Waals surface area contributed by atoms with Crippen molar-refractivity contribution in [2.75, 3.05) is 5.75 Å². The molecule has 0 aliphatic carbocycles. The highest BCUT2D eigenvalue weighted by Crippen LogP contribution is 2.15. The molecule has 0 bridgehead atoms. The van der Waals surface area contributed by atoms with Gasteiger partial charge in [0.25, 0.3) is 0 Å². The Balaban J connectivity index is 2.31. The second-order valence-electron chi connectivity index (χ2n) is 4.19. The lowest BCUT2D eigenvalue weighted by molar-refractivity contribution is 0.591. The summed E-state index contributed by atoms with van der Waals surface area (Å²) in [6.07, 6.45) is 4.02. The van der Waals surface area contributed by atoms with E-state index in [1.807, 2.05) is 22.6 Å². The van der Waals surface area contributed by atoms with E-state index in [9.17, 15) is 0 Å². The lowest BCUT2D eigenvalue weighted by Gasteiger charge is -2.16. The molecule has 4 heteroatoms. The van der Waals surface area contributed by atoms with Crippen LogP contribution in [0, 0.1) is 0 Å². The fraction of sp³-hybridized carbons (Fsp3) is 0.700. The van der Waals surface area contributed by atoms with Gasteiger partial charge in [0.05, 0.1) is 6.20 Å². The van der Waals surface area contributed by atoms with Crippen molar-refractivity contribution in [1.29, 1.82) is 0 Å². The molecule has 14 heavy (non-hydrogen) atoms. The second-order valence-corrected chi connectivity index (χ2v) is 5.17. The van der Waals surface area contributed by atoms with Crippen LogP contribution >= 0.6 is 11.8 Å². The summed E-state index contributed by atoms with van der Waals surface area (Å²) in [7, 11) is 0. The summed E-state index contributed by atoms with van der Waals surface area (Å²) in [5.74, 6) is 1.98. The van der Waals surface area contributed by atoms with Crippen molar-refractivity contribution in [2.45, 2.75) is 38.6 Å². The van der Waals surface area contributed by atoms with Crippen molar-refractivity contribution in [3.8, 4) is 0 Å². The average Bonchev–Trinajstić information content (AvgIpc) is 2.50. The molecule has 2 N–H and O–H groups in total. The number of nitrogens with zero attached hydrogens (tertiary/aromatic N) is 2. The molecule has 0 unspecified atom stereocenters. The van der Waals surface area contributed by atoms with Gasteiger partial charge in [-0.2, -0.15) is 16.9 Å². The third-order valence-corrected chi connectivity index (χ3v) is 3.24. The number of hydrogen-bond acceptors (Lipinski definition) is 3. The molecular formula is C10H19N3S. The van der Waals surface area contributed by atoms with E-state index in [-0.39, 0.29) is 5.54 Å². The first-order chi connectivity index (χ1) is 6.51. The molecule has 1 rings (SSSR count). The number of nitrogens with two attached hydrogens (primary N) is 1. The maximum atomic E-state index is 5.89. The second kappa shape index (κ2) is 4.84. The number of aromatic nitrogens is 2. The van der Waals surface area contributed by atoms with Crippen LogP contribution in [-0.2, 0) is 12.3 Å². The lowest BCUT2D eigenvalue weighted by Crippen LogP contribution is -2.34. The normalized spacial score (nSPS) is 12.0. The van der Waals surface area contributed by atoms with Crippen LogP contribution in [0.1, 0.15) is 26.3 Å². The zero-order valence-electron chi connectivity index (χ0n) is 9.16. The molecule has 1 aromatic rings. The molecule has 0 amide bonds. The van der Waals surface area contributed by atoms with Crippen molar-refractivity contribution < 1.29 is 0 Å². The number of thioether (sulfide) groups is 1. The van der Waals surface area contributed by atoms with E-state index in [0.29, 0.717) is 0 Å². The van der Waals surface area contributed by atoms with Gasteiger partial charge < -0.3 is 5.73 Å². The zero-order chi connectivity index (χ0) is 10.6. The van der Waals surface area contributed by atoms with Gasteiger partial charge >= 0.3 is 0 Å². The fourth-order valence-electron chi connectivity index (χ4n) is 1.09. The highest BCUT2D eigenvalue weighted by molar-refractivity contribution is 7.98. The smallest absolute Gasteiger partial charge is 0.0530 e. The molecule has 0 aliphatic rings. The van der Waals surface area contributed by atoms with E-state index >= 15 is 0 Å². The van der Waals surface area contributed by atoms with Gasteiger partial charge in [0.1, 0.15) is 0 Å². The Bertz CT molecular complexity index is 275. The van der Waals surface area contributed by atoms with Gasteiger partial charge in [-0.15, -0.1) is 0 Å². The van der Waals surface area contributed by atoms with Crippen molar-refractivity contribution in [2.24, 2.45) is 5.73 Å². The largest absolute Gasteiger partial charge is 0.325 e. The molecule has 1 heterocycles. The van der Waals surface area contributed by atoms with Crippen LogP contribution in [0.15, 0.2) is 12.4 Å². The van der Waals surface area contributed by atoms with Gasteiger partial charge in [-0.05, 0) is 26.3 Å². The van der Waals surface area contributed by atoms with Crippen molar-refractivity contribution >= 4 is 11.8 Å². The van der Waals surface area contributed by atoms with E-state index in [2.05, 4.69) is 32.1 Å². The first kappa shape index (κ1) is 11.6. The van der Waals surface area contributed by atoms with Crippen LogP contribution in [0.4, 0.5) is 0 Å². The number of hydrogen-bond donors (Lipinski definition) is 1. The molecule has 0 saturated heterocycles. The summed E-state index contributed by atoms with van der Waals surface area (Å²) >= 11 is 1.86. The Morgan fingerprint density at radius 3 is 2.79 bits per heavy atom. The average molecular weight is 213 g/mol. The molecule has 0 aromatic carbocycles. The molecule has 0 fully saturated rings. The van der Waals surface area contributed by atoms with Crippen LogP contribution in [0.25, 0.3) is 0 Å². The summed E-state index contributed by atoms with van der Waals surface area (Å²) in [5.41, 5.74) is 7.09. The molecule has 0 spiro atoms. The fourth-order valence-corrected chi connectivity index (χ4v) is 2.10. The third-order valence-electron chi connectivity index (χ3n) is 1.75. The molecular weight excluding hydrogens is 194 g/mol. The van der Waals surface area contributed by atoms with E-state index in [0.717, 1.165) is 18.1 Å². The van der Waals surface area contributed by atoms with Gasteiger partial charge in [0, 0.05) is 29.8 Å². The summed E-state index contributed by atoms with van der Waals surface area (Å²) in [6.45, 7) is 7.13. The van der Waals surface area contributed by atoms with E-state index in [1.165, 1.54) is 5.56 Å². The van der Waals surface area contributed by atoms with E-state index < -0.39 is 0 Å². The van der Waals surface area contributed by atoms with Crippen LogP contribution in [0.2, 0.25) is 0 Å². The van der Waals surface area contributed by atoms with Crippen LogP contribution in [0.3, 0.4) is 0 Å². The molecule has 80 valence electrons. The Hall–Kier alpha value is -0.480. The summed E-state index contributed by atoms with van der Waals surface area (Å²) < 4.78 is 1.95. The van der Waals surface area contributed by atoms with Gasteiger partial charge in [0.15, 0.2) is 0 Å². The predicted octanol–water partition coefficient (Wildman–Crippen LogP) is 1.87. The quantitative estimate of drug-likeness (QED) is 0.812. The highest BCUT2D eigenvalue weighted by Gasteiger charge is 2.10. The maximum absolute atomic E-state index is 5.89. The van der Waals surface area contributed by atoms with Crippen LogP contribution in [0.5, 0.6) is 0 Å². The standard InChI is InChI=1S/C10H19N3S/c1-4-13-6-9(5-12-13)7-14-8-10(2,3)11/h5-6H,4,7-8,11H2,1-3H3. The van der Waals surface area contributed by atoms with E-state index in [4.69, 9.17) is 5.73 Å². The Labute approximate surface area is 90.1 Å². The third kappa shape index (κ3) is 4.15. The maximum Gasteiger partial charge on any atom is 0.0530 e. The molecule has 0 saturated carbocycles. The monoisotopic (exact) mass is 213 g/mol. The Morgan fingerprint density at radius 2 is 2.29 bits per heavy atom. The topological polar surface area (TPSA) is 43.8 Å². The summed E-state index contributed by atoms with van der Waals surface area (Å²) in [4.78, 5) is 0. The Kier molecular flexibility index (Phi) is 4.01. The molecule has 0 atom stereocenters. The molecule has 3 nitrogen and oxygen atoms in total. The van der Waals surface area contributed by atoms with Gasteiger partial charge in [-0.3, -0.25) is 4.68 Å². The molecule has 0 radical (unpaired) electrons.